The van der Waals surface area contributed by atoms with Crippen molar-refractivity contribution < 1.29 is 22.6 Å². The number of amides is 2. The molecule has 2 amide bonds. The second-order valence-electron chi connectivity index (χ2n) is 6.11. The van der Waals surface area contributed by atoms with Gasteiger partial charge >= 0.3 is 0 Å². The van der Waals surface area contributed by atoms with E-state index in [0.29, 0.717) is 31.7 Å². The molecule has 27 heavy (non-hydrogen) atoms. The Kier molecular flexibility index (Phi) is 6.28. The number of halogens is 2. The summed E-state index contributed by atoms with van der Waals surface area (Å²) < 4.78 is 30.4. The van der Waals surface area contributed by atoms with Crippen molar-refractivity contribution in [3.63, 3.8) is 0 Å². The van der Waals surface area contributed by atoms with E-state index in [1.807, 2.05) is 0 Å². The SMILES string of the molecule is O=C(C[S@@](=O)Cc1ccc(F)cc1Cl)N1CCN(C(=O)c2ccco2)CC1. The lowest BCUT2D eigenvalue weighted by atomic mass is 10.2. The molecule has 1 aliphatic rings. The van der Waals surface area contributed by atoms with E-state index < -0.39 is 16.6 Å². The maximum Gasteiger partial charge on any atom is 0.289 e. The predicted octanol–water partition coefficient (Wildman–Crippen LogP) is 2.31. The van der Waals surface area contributed by atoms with E-state index in [4.69, 9.17) is 16.0 Å². The highest BCUT2D eigenvalue weighted by Gasteiger charge is 2.26. The van der Waals surface area contributed by atoms with E-state index in [2.05, 4.69) is 0 Å². The van der Waals surface area contributed by atoms with Crippen LogP contribution < -0.4 is 0 Å². The first-order chi connectivity index (χ1) is 12.9. The molecule has 0 N–H and O–H groups in total. The van der Waals surface area contributed by atoms with Crippen molar-refractivity contribution in [3.8, 4) is 0 Å². The number of carbonyl (C=O) groups is 2. The standard InChI is InChI=1S/C18H18ClFN2O4S/c19-15-10-14(20)4-3-13(15)11-27(25)12-17(23)21-5-7-22(8-6-21)18(24)16-2-1-9-26-16/h1-4,9-10H,5-8,11-12H2/t27-/m0/s1. The van der Waals surface area contributed by atoms with Gasteiger partial charge in [-0.15, -0.1) is 0 Å². The number of piperazine rings is 1. The zero-order valence-electron chi connectivity index (χ0n) is 14.4. The largest absolute Gasteiger partial charge is 0.459 e. The van der Waals surface area contributed by atoms with Gasteiger partial charge in [0.05, 0.1) is 12.0 Å². The molecule has 1 fully saturated rings. The number of hydrogen-bond donors (Lipinski definition) is 0. The smallest absolute Gasteiger partial charge is 0.289 e. The van der Waals surface area contributed by atoms with Crippen molar-refractivity contribution in [1.82, 2.24) is 9.80 Å². The van der Waals surface area contributed by atoms with Crippen LogP contribution in [-0.2, 0) is 21.3 Å². The lowest BCUT2D eigenvalue weighted by Gasteiger charge is -2.34. The van der Waals surface area contributed by atoms with Gasteiger partial charge in [0, 0.05) is 42.0 Å². The van der Waals surface area contributed by atoms with Gasteiger partial charge in [-0.1, -0.05) is 17.7 Å². The Morgan fingerprint density at radius 1 is 1.15 bits per heavy atom. The highest BCUT2D eigenvalue weighted by molar-refractivity contribution is 7.84. The Balaban J connectivity index is 1.49. The van der Waals surface area contributed by atoms with Crippen LogP contribution in [0.25, 0.3) is 0 Å². The van der Waals surface area contributed by atoms with Crippen LogP contribution in [0.3, 0.4) is 0 Å². The maximum atomic E-state index is 13.1. The fourth-order valence-corrected chi connectivity index (χ4v) is 4.28. The normalized spacial score (nSPS) is 15.6. The molecule has 9 heteroatoms. The van der Waals surface area contributed by atoms with Gasteiger partial charge in [-0.3, -0.25) is 13.8 Å². The molecule has 0 unspecified atom stereocenters. The van der Waals surface area contributed by atoms with Crippen LogP contribution in [0.2, 0.25) is 5.02 Å². The fourth-order valence-electron chi connectivity index (χ4n) is 2.81. The molecular formula is C18H18ClFN2O4S. The number of furan rings is 1. The quantitative estimate of drug-likeness (QED) is 0.755. The van der Waals surface area contributed by atoms with Crippen molar-refractivity contribution in [1.29, 1.82) is 0 Å². The van der Waals surface area contributed by atoms with E-state index in [1.54, 1.807) is 21.9 Å². The summed E-state index contributed by atoms with van der Waals surface area (Å²) in [5, 5.41) is 0.195. The molecule has 0 aliphatic carbocycles. The summed E-state index contributed by atoms with van der Waals surface area (Å²) in [5.74, 6) is -0.695. The Morgan fingerprint density at radius 2 is 1.85 bits per heavy atom. The van der Waals surface area contributed by atoms with Crippen LogP contribution in [0.5, 0.6) is 0 Å². The molecule has 0 saturated carbocycles. The van der Waals surface area contributed by atoms with Crippen LogP contribution in [-0.4, -0.2) is 57.8 Å². The van der Waals surface area contributed by atoms with Crippen LogP contribution in [0.1, 0.15) is 16.1 Å². The Bertz CT molecular complexity index is 851. The third-order valence-corrected chi connectivity index (χ3v) is 5.82. The highest BCUT2D eigenvalue weighted by Crippen LogP contribution is 2.19. The molecule has 0 spiro atoms. The molecule has 6 nitrogen and oxygen atoms in total. The first kappa shape index (κ1) is 19.6. The molecule has 1 saturated heterocycles. The van der Waals surface area contributed by atoms with E-state index in [9.17, 15) is 18.2 Å². The minimum Gasteiger partial charge on any atom is -0.459 e. The first-order valence-corrected chi connectivity index (χ1v) is 10.2. The van der Waals surface area contributed by atoms with E-state index in [1.165, 1.54) is 18.4 Å². The maximum absolute atomic E-state index is 13.1. The average Bonchev–Trinajstić information content (AvgIpc) is 3.18. The lowest BCUT2D eigenvalue weighted by Crippen LogP contribution is -2.51. The summed E-state index contributed by atoms with van der Waals surface area (Å²) in [6.45, 7) is 1.53. The van der Waals surface area contributed by atoms with Gasteiger partial charge in [-0.25, -0.2) is 4.39 Å². The molecule has 1 atom stereocenters. The van der Waals surface area contributed by atoms with Crippen molar-refractivity contribution in [2.24, 2.45) is 0 Å². The lowest BCUT2D eigenvalue weighted by molar-refractivity contribution is -0.129. The summed E-state index contributed by atoms with van der Waals surface area (Å²) in [6, 6.07) is 7.12. The van der Waals surface area contributed by atoms with Crippen LogP contribution in [0, 0.1) is 5.82 Å². The van der Waals surface area contributed by atoms with Crippen molar-refractivity contribution >= 4 is 34.2 Å². The molecular weight excluding hydrogens is 395 g/mol. The summed E-state index contributed by atoms with van der Waals surface area (Å²) in [6.07, 6.45) is 1.44. The summed E-state index contributed by atoms with van der Waals surface area (Å²) >= 11 is 5.93. The second-order valence-corrected chi connectivity index (χ2v) is 7.98. The van der Waals surface area contributed by atoms with Gasteiger partial charge in [0.2, 0.25) is 5.91 Å². The van der Waals surface area contributed by atoms with Gasteiger partial charge in [-0.05, 0) is 29.8 Å². The topological polar surface area (TPSA) is 70.8 Å². The minimum absolute atomic E-state index is 0.0851. The summed E-state index contributed by atoms with van der Waals surface area (Å²) in [4.78, 5) is 27.8. The Hall–Kier alpha value is -2.19. The van der Waals surface area contributed by atoms with Crippen LogP contribution in [0.4, 0.5) is 4.39 Å². The zero-order chi connectivity index (χ0) is 19.4. The molecule has 2 heterocycles. The molecule has 1 aromatic heterocycles. The molecule has 144 valence electrons. The number of hydrogen-bond acceptors (Lipinski definition) is 4. The van der Waals surface area contributed by atoms with Gasteiger partial charge in [-0.2, -0.15) is 0 Å². The average molecular weight is 413 g/mol. The number of benzene rings is 1. The van der Waals surface area contributed by atoms with Gasteiger partial charge in [0.25, 0.3) is 5.91 Å². The molecule has 2 aromatic rings. The number of rotatable bonds is 5. The monoisotopic (exact) mass is 412 g/mol. The third-order valence-electron chi connectivity index (χ3n) is 4.27. The molecule has 3 rings (SSSR count). The molecule has 0 radical (unpaired) electrons. The van der Waals surface area contributed by atoms with E-state index >= 15 is 0 Å². The second kappa shape index (κ2) is 8.67. The predicted molar refractivity (Wildman–Crippen MR) is 99.3 cm³/mol. The summed E-state index contributed by atoms with van der Waals surface area (Å²) in [7, 11) is -1.46. The molecule has 1 aromatic carbocycles. The van der Waals surface area contributed by atoms with Gasteiger partial charge < -0.3 is 14.2 Å². The zero-order valence-corrected chi connectivity index (χ0v) is 16.0. The van der Waals surface area contributed by atoms with Crippen LogP contribution in [0.15, 0.2) is 41.0 Å². The molecule has 0 bridgehead atoms. The summed E-state index contributed by atoms with van der Waals surface area (Å²) in [5.41, 5.74) is 0.540. The first-order valence-electron chi connectivity index (χ1n) is 8.33. The van der Waals surface area contributed by atoms with Crippen molar-refractivity contribution in [2.75, 3.05) is 31.9 Å². The van der Waals surface area contributed by atoms with Crippen molar-refractivity contribution in [2.45, 2.75) is 5.75 Å². The third kappa shape index (κ3) is 4.95. The Morgan fingerprint density at radius 3 is 2.48 bits per heavy atom. The number of carbonyl (C=O) groups excluding carboxylic acids is 2. The molecule has 1 aliphatic heterocycles. The minimum atomic E-state index is -1.46. The van der Waals surface area contributed by atoms with E-state index in [0.717, 1.165) is 6.07 Å². The van der Waals surface area contributed by atoms with E-state index in [-0.39, 0.29) is 34.1 Å². The highest BCUT2D eigenvalue weighted by atomic mass is 35.5. The van der Waals surface area contributed by atoms with Gasteiger partial charge in [0.1, 0.15) is 11.6 Å². The Labute approximate surface area is 163 Å². The fraction of sp³-hybridized carbons (Fsp3) is 0.333. The van der Waals surface area contributed by atoms with Crippen molar-refractivity contribution in [3.05, 3.63) is 58.8 Å². The van der Waals surface area contributed by atoms with Crippen LogP contribution >= 0.6 is 11.6 Å². The number of nitrogens with zero attached hydrogens (tertiary/aromatic N) is 2. The van der Waals surface area contributed by atoms with Gasteiger partial charge in [0.15, 0.2) is 5.76 Å².